The van der Waals surface area contributed by atoms with Crippen LogP contribution in [0.3, 0.4) is 0 Å². The number of nitrogens with one attached hydrogen (secondary N) is 1. The Hall–Kier alpha value is -1.71. The lowest BCUT2D eigenvalue weighted by molar-refractivity contribution is -0.131. The van der Waals surface area contributed by atoms with Crippen LogP contribution >= 0.6 is 0 Å². The zero-order valence-corrected chi connectivity index (χ0v) is 14.9. The molecule has 1 amide bonds. The number of hydrogen-bond donors (Lipinski definition) is 1. The minimum absolute atomic E-state index is 0.0177. The van der Waals surface area contributed by atoms with Crippen LogP contribution in [0.1, 0.15) is 19.8 Å². The summed E-state index contributed by atoms with van der Waals surface area (Å²) in [6.45, 7) is 2.31. The summed E-state index contributed by atoms with van der Waals surface area (Å²) in [7, 11) is -1.04. The first-order valence-electron chi connectivity index (χ1n) is 7.75. The number of rotatable bonds is 7. The van der Waals surface area contributed by atoms with Crippen molar-refractivity contribution in [2.24, 2.45) is 0 Å². The SMILES string of the molecule is CCOc1ccncc1S(=O)(=O)N1CCCC1(COC)C(=O)NC. The number of amides is 1. The second-order valence-corrected chi connectivity index (χ2v) is 7.31. The van der Waals surface area contributed by atoms with Gasteiger partial charge in [-0.1, -0.05) is 0 Å². The molecular formula is C15H23N3O5S. The van der Waals surface area contributed by atoms with Crippen LogP contribution in [-0.4, -0.2) is 63.1 Å². The van der Waals surface area contributed by atoms with Gasteiger partial charge in [0.2, 0.25) is 15.9 Å². The molecule has 1 unspecified atom stereocenters. The molecule has 9 heteroatoms. The molecule has 1 aliphatic rings. The fourth-order valence-electron chi connectivity index (χ4n) is 3.07. The Kier molecular flexibility index (Phi) is 5.79. The Morgan fingerprint density at radius 1 is 1.50 bits per heavy atom. The summed E-state index contributed by atoms with van der Waals surface area (Å²) >= 11 is 0. The summed E-state index contributed by atoms with van der Waals surface area (Å²) in [6.07, 6.45) is 3.68. The van der Waals surface area contributed by atoms with E-state index in [0.717, 1.165) is 0 Å². The summed E-state index contributed by atoms with van der Waals surface area (Å²) in [5.41, 5.74) is -1.26. The third kappa shape index (κ3) is 3.11. The average Bonchev–Trinajstić information content (AvgIpc) is 3.01. The number of likely N-dealkylation sites (N-methyl/N-ethyl adjacent to an activating group) is 1. The highest BCUT2D eigenvalue weighted by Crippen LogP contribution is 2.37. The second kappa shape index (κ2) is 7.45. The molecule has 1 atom stereocenters. The molecule has 0 bridgehead atoms. The summed E-state index contributed by atoms with van der Waals surface area (Å²) < 4.78 is 38.2. The van der Waals surface area contributed by atoms with Gasteiger partial charge in [-0.3, -0.25) is 9.78 Å². The number of aromatic nitrogens is 1. The number of nitrogens with zero attached hydrogens (tertiary/aromatic N) is 2. The lowest BCUT2D eigenvalue weighted by Gasteiger charge is -2.35. The second-order valence-electron chi connectivity index (χ2n) is 5.48. The van der Waals surface area contributed by atoms with Crippen molar-refractivity contribution in [3.05, 3.63) is 18.5 Å². The van der Waals surface area contributed by atoms with E-state index >= 15 is 0 Å². The quantitative estimate of drug-likeness (QED) is 0.758. The van der Waals surface area contributed by atoms with Gasteiger partial charge in [-0.2, -0.15) is 4.31 Å². The third-order valence-electron chi connectivity index (χ3n) is 4.08. The van der Waals surface area contributed by atoms with Gasteiger partial charge in [-0.15, -0.1) is 0 Å². The van der Waals surface area contributed by atoms with Gasteiger partial charge in [0.1, 0.15) is 16.2 Å². The molecule has 1 aromatic heterocycles. The Morgan fingerprint density at radius 3 is 2.88 bits per heavy atom. The maximum atomic E-state index is 13.2. The van der Waals surface area contributed by atoms with Crippen LogP contribution in [0.2, 0.25) is 0 Å². The summed E-state index contributed by atoms with van der Waals surface area (Å²) in [4.78, 5) is 16.3. The molecule has 134 valence electrons. The largest absolute Gasteiger partial charge is 0.492 e. The van der Waals surface area contributed by atoms with Crippen LogP contribution in [0.15, 0.2) is 23.4 Å². The van der Waals surface area contributed by atoms with E-state index in [2.05, 4.69) is 10.3 Å². The molecule has 1 fully saturated rings. The van der Waals surface area contributed by atoms with Gasteiger partial charge in [0, 0.05) is 26.9 Å². The Morgan fingerprint density at radius 2 is 2.25 bits per heavy atom. The van der Waals surface area contributed by atoms with E-state index in [-0.39, 0.29) is 29.7 Å². The number of pyridine rings is 1. The number of methoxy groups -OCH3 is 1. The maximum Gasteiger partial charge on any atom is 0.249 e. The molecule has 0 saturated carbocycles. The zero-order valence-electron chi connectivity index (χ0n) is 14.1. The Labute approximate surface area is 142 Å². The van der Waals surface area contributed by atoms with Crippen molar-refractivity contribution < 1.29 is 22.7 Å². The van der Waals surface area contributed by atoms with Crippen molar-refractivity contribution in [2.45, 2.75) is 30.2 Å². The number of carbonyl (C=O) groups excluding carboxylic acids is 1. The lowest BCUT2D eigenvalue weighted by atomic mass is 9.97. The van der Waals surface area contributed by atoms with Gasteiger partial charge in [0.15, 0.2) is 0 Å². The zero-order chi connectivity index (χ0) is 17.8. The van der Waals surface area contributed by atoms with Gasteiger partial charge in [-0.05, 0) is 25.8 Å². The fourth-order valence-corrected chi connectivity index (χ4v) is 4.94. The Balaban J connectivity index is 2.53. The van der Waals surface area contributed by atoms with E-state index in [9.17, 15) is 13.2 Å². The lowest BCUT2D eigenvalue weighted by Crippen LogP contribution is -2.59. The molecule has 2 heterocycles. The van der Waals surface area contributed by atoms with Gasteiger partial charge in [-0.25, -0.2) is 8.42 Å². The monoisotopic (exact) mass is 357 g/mol. The van der Waals surface area contributed by atoms with E-state index in [0.29, 0.717) is 19.4 Å². The van der Waals surface area contributed by atoms with Crippen LogP contribution in [0.5, 0.6) is 5.75 Å². The molecule has 1 N–H and O–H groups in total. The van der Waals surface area contributed by atoms with Crippen LogP contribution in [0.25, 0.3) is 0 Å². The third-order valence-corrected chi connectivity index (χ3v) is 6.05. The molecule has 24 heavy (non-hydrogen) atoms. The molecule has 0 spiro atoms. The highest BCUT2D eigenvalue weighted by Gasteiger charge is 2.53. The number of ether oxygens (including phenoxy) is 2. The van der Waals surface area contributed by atoms with E-state index in [1.165, 1.54) is 36.9 Å². The van der Waals surface area contributed by atoms with Crippen LogP contribution in [0, 0.1) is 0 Å². The first-order valence-corrected chi connectivity index (χ1v) is 9.19. The van der Waals surface area contributed by atoms with Crippen molar-refractivity contribution in [3.8, 4) is 5.75 Å². The summed E-state index contributed by atoms with van der Waals surface area (Å²) in [6, 6.07) is 1.50. The normalized spacial score (nSPS) is 21.6. The predicted octanol–water partition coefficient (Wildman–Crippen LogP) is 0.396. The minimum atomic E-state index is -3.97. The molecule has 1 aliphatic heterocycles. The van der Waals surface area contributed by atoms with Crippen LogP contribution in [-0.2, 0) is 19.6 Å². The molecule has 0 aromatic carbocycles. The molecule has 0 radical (unpaired) electrons. The minimum Gasteiger partial charge on any atom is -0.492 e. The molecule has 2 rings (SSSR count). The number of carbonyl (C=O) groups is 1. The predicted molar refractivity (Wildman–Crippen MR) is 87.2 cm³/mol. The van der Waals surface area contributed by atoms with Gasteiger partial charge in [0.05, 0.1) is 19.4 Å². The topological polar surface area (TPSA) is 97.8 Å². The molecule has 0 aliphatic carbocycles. The highest BCUT2D eigenvalue weighted by molar-refractivity contribution is 7.89. The van der Waals surface area contributed by atoms with Gasteiger partial charge < -0.3 is 14.8 Å². The van der Waals surface area contributed by atoms with Crippen molar-refractivity contribution in [1.82, 2.24) is 14.6 Å². The van der Waals surface area contributed by atoms with Crippen LogP contribution < -0.4 is 10.1 Å². The standard InChI is InChI=1S/C15H23N3O5S/c1-4-23-12-6-8-17-10-13(12)24(20,21)18-9-5-7-15(18,11-22-3)14(19)16-2/h6,8,10H,4-5,7,9,11H2,1-3H3,(H,16,19). The molecular weight excluding hydrogens is 334 g/mol. The van der Waals surface area contributed by atoms with E-state index in [1.54, 1.807) is 6.92 Å². The maximum absolute atomic E-state index is 13.2. The van der Waals surface area contributed by atoms with Crippen molar-refractivity contribution in [2.75, 3.05) is 33.9 Å². The highest BCUT2D eigenvalue weighted by atomic mass is 32.2. The first kappa shape index (κ1) is 18.6. The molecule has 1 aromatic rings. The van der Waals surface area contributed by atoms with Gasteiger partial charge in [0.25, 0.3) is 0 Å². The summed E-state index contributed by atoms with van der Waals surface area (Å²) in [5.74, 6) is -0.158. The van der Waals surface area contributed by atoms with Crippen molar-refractivity contribution >= 4 is 15.9 Å². The van der Waals surface area contributed by atoms with Crippen LogP contribution in [0.4, 0.5) is 0 Å². The average molecular weight is 357 g/mol. The van der Waals surface area contributed by atoms with E-state index in [4.69, 9.17) is 9.47 Å². The van der Waals surface area contributed by atoms with Crippen molar-refractivity contribution in [3.63, 3.8) is 0 Å². The number of hydrogen-bond acceptors (Lipinski definition) is 6. The van der Waals surface area contributed by atoms with E-state index in [1.807, 2.05) is 0 Å². The number of sulfonamides is 1. The Bertz CT molecular complexity index is 694. The summed E-state index contributed by atoms with van der Waals surface area (Å²) in [5, 5.41) is 2.55. The molecule has 8 nitrogen and oxygen atoms in total. The smallest absolute Gasteiger partial charge is 0.249 e. The fraction of sp³-hybridized carbons (Fsp3) is 0.600. The van der Waals surface area contributed by atoms with Gasteiger partial charge >= 0.3 is 0 Å². The molecule has 1 saturated heterocycles. The first-order chi connectivity index (χ1) is 11.4. The van der Waals surface area contributed by atoms with E-state index < -0.39 is 15.6 Å². The van der Waals surface area contributed by atoms with Crippen molar-refractivity contribution in [1.29, 1.82) is 0 Å².